The number of nitrogens with zero attached hydrogens (tertiary/aromatic N) is 1. The van der Waals surface area contributed by atoms with Crippen LogP contribution in [-0.4, -0.2) is 19.1 Å². The highest BCUT2D eigenvalue weighted by Crippen LogP contribution is 2.38. The van der Waals surface area contributed by atoms with Gasteiger partial charge in [0.25, 0.3) is 0 Å². The van der Waals surface area contributed by atoms with E-state index in [1.807, 2.05) is 36.4 Å². The second-order valence-corrected chi connectivity index (χ2v) is 5.36. The second-order valence-electron chi connectivity index (χ2n) is 4.93. The van der Waals surface area contributed by atoms with E-state index in [0.29, 0.717) is 5.02 Å². The van der Waals surface area contributed by atoms with Crippen molar-refractivity contribution in [3.8, 4) is 5.75 Å². The maximum absolute atomic E-state index is 12.1. The Balaban J connectivity index is 1.92. The Labute approximate surface area is 128 Å². The summed E-state index contributed by atoms with van der Waals surface area (Å²) in [5.74, 6) is 0.689. The standard InChI is InChI=1S/C16H15ClN2O2/c1-21-13-8-2-10(3-9-13)15-14(18)16(20)19(15)12-6-4-11(17)5-7-12/h2-9,14-15H,18H2,1H3/t14-,15-/m1/s1. The first kappa shape index (κ1) is 13.9. The van der Waals surface area contributed by atoms with Crippen LogP contribution in [0.4, 0.5) is 5.69 Å². The molecule has 1 heterocycles. The highest BCUT2D eigenvalue weighted by Gasteiger charge is 2.46. The molecule has 0 aromatic heterocycles. The molecule has 0 aliphatic carbocycles. The molecule has 1 saturated heterocycles. The number of carbonyl (C=O) groups is 1. The Kier molecular flexibility index (Phi) is 3.57. The Hall–Kier alpha value is -2.04. The fraction of sp³-hybridized carbons (Fsp3) is 0.188. The first-order valence-electron chi connectivity index (χ1n) is 6.60. The monoisotopic (exact) mass is 302 g/mol. The summed E-state index contributed by atoms with van der Waals surface area (Å²) >= 11 is 5.89. The normalized spacial score (nSPS) is 21.1. The van der Waals surface area contributed by atoms with E-state index in [2.05, 4.69) is 0 Å². The van der Waals surface area contributed by atoms with E-state index in [1.165, 1.54) is 0 Å². The zero-order valence-electron chi connectivity index (χ0n) is 11.5. The van der Waals surface area contributed by atoms with Gasteiger partial charge < -0.3 is 15.4 Å². The predicted octanol–water partition coefficient (Wildman–Crippen LogP) is 2.76. The molecule has 108 valence electrons. The van der Waals surface area contributed by atoms with E-state index >= 15 is 0 Å². The minimum absolute atomic E-state index is 0.0851. The minimum atomic E-state index is -0.519. The summed E-state index contributed by atoms with van der Waals surface area (Å²) in [6.45, 7) is 0. The number of halogens is 1. The highest BCUT2D eigenvalue weighted by molar-refractivity contribution is 6.30. The molecule has 1 fully saturated rings. The number of hydrogen-bond donors (Lipinski definition) is 1. The van der Waals surface area contributed by atoms with E-state index in [1.54, 1.807) is 24.1 Å². The third kappa shape index (κ3) is 2.37. The summed E-state index contributed by atoms with van der Waals surface area (Å²) in [6, 6.07) is 14.1. The number of benzene rings is 2. The van der Waals surface area contributed by atoms with Crippen LogP contribution < -0.4 is 15.4 Å². The number of nitrogens with two attached hydrogens (primary N) is 1. The Morgan fingerprint density at radius 3 is 2.29 bits per heavy atom. The maximum Gasteiger partial charge on any atom is 0.247 e. The van der Waals surface area contributed by atoms with Crippen LogP contribution in [0, 0.1) is 0 Å². The summed E-state index contributed by atoms with van der Waals surface area (Å²) in [5.41, 5.74) is 7.76. The van der Waals surface area contributed by atoms with Gasteiger partial charge in [0.05, 0.1) is 13.2 Å². The van der Waals surface area contributed by atoms with Gasteiger partial charge in [0, 0.05) is 10.7 Å². The van der Waals surface area contributed by atoms with Crippen molar-refractivity contribution in [2.45, 2.75) is 12.1 Å². The smallest absolute Gasteiger partial charge is 0.247 e. The fourth-order valence-corrected chi connectivity index (χ4v) is 2.68. The third-order valence-corrected chi connectivity index (χ3v) is 3.96. The van der Waals surface area contributed by atoms with Gasteiger partial charge in [-0.3, -0.25) is 4.79 Å². The zero-order valence-corrected chi connectivity index (χ0v) is 12.2. The van der Waals surface area contributed by atoms with Crippen molar-refractivity contribution in [2.24, 2.45) is 5.73 Å². The molecule has 21 heavy (non-hydrogen) atoms. The van der Waals surface area contributed by atoms with Gasteiger partial charge in [-0.2, -0.15) is 0 Å². The summed E-state index contributed by atoms with van der Waals surface area (Å²) in [7, 11) is 1.62. The zero-order chi connectivity index (χ0) is 15.0. The van der Waals surface area contributed by atoms with Gasteiger partial charge in [0.15, 0.2) is 0 Å². The van der Waals surface area contributed by atoms with E-state index in [-0.39, 0.29) is 11.9 Å². The van der Waals surface area contributed by atoms with Crippen LogP contribution in [-0.2, 0) is 4.79 Å². The van der Waals surface area contributed by atoms with Crippen LogP contribution in [0.2, 0.25) is 5.02 Å². The molecule has 3 rings (SSSR count). The average Bonchev–Trinajstić information content (AvgIpc) is 2.53. The van der Waals surface area contributed by atoms with Crippen molar-refractivity contribution in [2.75, 3.05) is 12.0 Å². The number of rotatable bonds is 3. The van der Waals surface area contributed by atoms with Crippen LogP contribution in [0.3, 0.4) is 0 Å². The van der Waals surface area contributed by atoms with Gasteiger partial charge in [-0.05, 0) is 42.0 Å². The number of anilines is 1. The van der Waals surface area contributed by atoms with Gasteiger partial charge in [0.1, 0.15) is 11.8 Å². The van der Waals surface area contributed by atoms with E-state index in [4.69, 9.17) is 22.1 Å². The van der Waals surface area contributed by atoms with E-state index in [9.17, 15) is 4.79 Å². The molecule has 1 amide bonds. The molecular weight excluding hydrogens is 288 g/mol. The third-order valence-electron chi connectivity index (χ3n) is 3.70. The Bertz CT molecular complexity index is 655. The predicted molar refractivity (Wildman–Crippen MR) is 82.6 cm³/mol. The average molecular weight is 303 g/mol. The topological polar surface area (TPSA) is 55.6 Å². The molecule has 5 heteroatoms. The molecule has 4 nitrogen and oxygen atoms in total. The van der Waals surface area contributed by atoms with Crippen molar-refractivity contribution in [1.82, 2.24) is 0 Å². The molecule has 2 aromatic rings. The maximum atomic E-state index is 12.1. The molecule has 0 radical (unpaired) electrons. The Morgan fingerprint density at radius 1 is 1.10 bits per heavy atom. The lowest BCUT2D eigenvalue weighted by atomic mass is 9.88. The van der Waals surface area contributed by atoms with Crippen molar-refractivity contribution in [3.05, 3.63) is 59.1 Å². The summed E-state index contributed by atoms with van der Waals surface area (Å²) in [6.07, 6.45) is 0. The first-order chi connectivity index (χ1) is 10.1. The van der Waals surface area contributed by atoms with Gasteiger partial charge in [-0.25, -0.2) is 0 Å². The number of carbonyl (C=O) groups excluding carboxylic acids is 1. The van der Waals surface area contributed by atoms with E-state index in [0.717, 1.165) is 17.0 Å². The molecule has 0 saturated carbocycles. The van der Waals surface area contributed by atoms with E-state index < -0.39 is 6.04 Å². The van der Waals surface area contributed by atoms with Crippen molar-refractivity contribution >= 4 is 23.2 Å². The van der Waals surface area contributed by atoms with Crippen molar-refractivity contribution in [3.63, 3.8) is 0 Å². The highest BCUT2D eigenvalue weighted by atomic mass is 35.5. The van der Waals surface area contributed by atoms with Gasteiger partial charge >= 0.3 is 0 Å². The van der Waals surface area contributed by atoms with Gasteiger partial charge in [0.2, 0.25) is 5.91 Å². The lowest BCUT2D eigenvalue weighted by Crippen LogP contribution is -2.63. The van der Waals surface area contributed by atoms with Crippen molar-refractivity contribution < 1.29 is 9.53 Å². The Morgan fingerprint density at radius 2 is 1.71 bits per heavy atom. The first-order valence-corrected chi connectivity index (χ1v) is 6.98. The lowest BCUT2D eigenvalue weighted by Gasteiger charge is -2.45. The molecule has 0 unspecified atom stereocenters. The summed E-state index contributed by atoms with van der Waals surface area (Å²) < 4.78 is 5.15. The van der Waals surface area contributed by atoms with Crippen LogP contribution in [0.1, 0.15) is 11.6 Å². The molecule has 1 aliphatic heterocycles. The largest absolute Gasteiger partial charge is 0.497 e. The summed E-state index contributed by atoms with van der Waals surface area (Å²) in [4.78, 5) is 13.8. The minimum Gasteiger partial charge on any atom is -0.497 e. The van der Waals surface area contributed by atoms with Crippen LogP contribution >= 0.6 is 11.6 Å². The van der Waals surface area contributed by atoms with Crippen LogP contribution in [0.15, 0.2) is 48.5 Å². The summed E-state index contributed by atoms with van der Waals surface area (Å²) in [5, 5.41) is 0.636. The molecular formula is C16H15ClN2O2. The van der Waals surface area contributed by atoms with Gasteiger partial charge in [-0.15, -0.1) is 0 Å². The van der Waals surface area contributed by atoms with Gasteiger partial charge in [-0.1, -0.05) is 23.7 Å². The fourth-order valence-electron chi connectivity index (χ4n) is 2.56. The van der Waals surface area contributed by atoms with Crippen LogP contribution in [0.5, 0.6) is 5.75 Å². The molecule has 2 aromatic carbocycles. The molecule has 1 aliphatic rings. The number of amides is 1. The number of methoxy groups -OCH3 is 1. The number of β-lactam (4-membered cyclic amide) rings is 1. The SMILES string of the molecule is COc1ccc([C@@H]2[C@@H](N)C(=O)N2c2ccc(Cl)cc2)cc1. The lowest BCUT2D eigenvalue weighted by molar-refractivity contribution is -0.126. The number of hydrogen-bond acceptors (Lipinski definition) is 3. The quantitative estimate of drug-likeness (QED) is 0.887. The molecule has 0 spiro atoms. The second kappa shape index (κ2) is 5.39. The number of ether oxygens (including phenoxy) is 1. The molecule has 2 atom stereocenters. The van der Waals surface area contributed by atoms with Crippen molar-refractivity contribution in [1.29, 1.82) is 0 Å². The molecule has 2 N–H and O–H groups in total. The van der Waals surface area contributed by atoms with Crippen LogP contribution in [0.25, 0.3) is 0 Å². The molecule has 0 bridgehead atoms.